The van der Waals surface area contributed by atoms with Crippen molar-refractivity contribution in [1.82, 2.24) is 39.3 Å². The van der Waals surface area contributed by atoms with Crippen molar-refractivity contribution in [3.63, 3.8) is 0 Å². The molecule has 1 aliphatic heterocycles. The fraction of sp³-hybridized carbons (Fsp3) is 0.379. The van der Waals surface area contributed by atoms with E-state index in [9.17, 15) is 35.9 Å². The van der Waals surface area contributed by atoms with Crippen LogP contribution in [0.3, 0.4) is 0 Å². The van der Waals surface area contributed by atoms with Crippen molar-refractivity contribution >= 4 is 33.2 Å². The first-order chi connectivity index (χ1) is 23.4. The molecule has 50 heavy (non-hydrogen) atoms. The Kier molecular flexibility index (Phi) is 8.86. The van der Waals surface area contributed by atoms with Gasteiger partial charge in [0.15, 0.2) is 3.92 Å². The van der Waals surface area contributed by atoms with Crippen molar-refractivity contribution < 1.29 is 40.2 Å². The number of thiazole rings is 1. The Morgan fingerprint density at radius 1 is 0.900 bits per heavy atom. The smallest absolute Gasteiger partial charge is 0.334 e. The third-order valence-electron chi connectivity index (χ3n) is 8.23. The molecule has 5 aromatic heterocycles. The lowest BCUT2D eigenvalue weighted by molar-refractivity contribution is -0.160. The first kappa shape index (κ1) is 35.2. The van der Waals surface area contributed by atoms with Crippen LogP contribution in [0.5, 0.6) is 0 Å². The molecule has 0 N–H and O–H groups in total. The maximum absolute atomic E-state index is 15.0. The summed E-state index contributed by atoms with van der Waals surface area (Å²) < 4.78 is 90.0. The van der Waals surface area contributed by atoms with Gasteiger partial charge in [-0.3, -0.25) is 23.5 Å². The second kappa shape index (κ2) is 12.6. The summed E-state index contributed by atoms with van der Waals surface area (Å²) in [6.07, 6.45) is -6.63. The van der Waals surface area contributed by atoms with E-state index in [-0.39, 0.29) is 30.5 Å². The fourth-order valence-electron chi connectivity index (χ4n) is 5.83. The lowest BCUT2D eigenvalue weighted by Crippen LogP contribution is -2.62. The Hall–Kier alpha value is -4.66. The van der Waals surface area contributed by atoms with Crippen molar-refractivity contribution in [2.75, 3.05) is 6.54 Å². The number of hydrogen-bond acceptors (Lipinski definition) is 11. The highest BCUT2D eigenvalue weighted by Gasteiger charge is 2.50. The predicted molar refractivity (Wildman–Crippen MR) is 165 cm³/mol. The van der Waals surface area contributed by atoms with Crippen LogP contribution in [0.4, 0.5) is 26.3 Å². The SMILES string of the molecule is CC1(C)CCCN1C(=O)C(CCc1csc(Br)n1)(n1ccc(-c2noc(C(F)(F)F)n2)cc1=O)n1ccc(-c2noc(C(F)(F)F)n2)cc1=O. The maximum Gasteiger partial charge on any atom is 0.471 e. The molecule has 264 valence electrons. The number of carbonyl (C=O) groups is 1. The third kappa shape index (κ3) is 6.50. The number of aryl methyl sites for hydroxylation is 1. The second-order valence-electron chi connectivity index (χ2n) is 11.9. The maximum atomic E-state index is 15.0. The normalized spacial score (nSPS) is 15.2. The number of alkyl halides is 6. The number of aromatic nitrogens is 7. The molecule has 1 fully saturated rings. The highest BCUT2D eigenvalue weighted by molar-refractivity contribution is 9.11. The molecule has 1 saturated heterocycles. The zero-order valence-corrected chi connectivity index (χ0v) is 28.2. The van der Waals surface area contributed by atoms with Gasteiger partial charge < -0.3 is 13.9 Å². The molecule has 0 saturated carbocycles. The standard InChI is InChI=1S/C29H23BrF6N8O5S/c1-26(2)7-3-9-44(26)24(47)27(8-4-17-14-50-25(30)37-17,42-10-5-15(12-18(42)45)20-38-22(48-40-20)28(31,32)33)43-11-6-16(13-19(43)46)21-39-23(49-41-21)29(34,35)36/h5-6,10-14H,3-4,7-9H2,1-2H3. The van der Waals surface area contributed by atoms with Crippen LogP contribution in [0.15, 0.2) is 64.6 Å². The van der Waals surface area contributed by atoms with Gasteiger partial charge in [-0.25, -0.2) is 4.98 Å². The monoisotopic (exact) mass is 788 g/mol. The van der Waals surface area contributed by atoms with Crippen LogP contribution in [0.1, 0.15) is 50.6 Å². The average Bonchev–Trinajstić information content (AvgIpc) is 3.85. The number of amides is 1. The number of carbonyl (C=O) groups excluding carboxylic acids is 1. The van der Waals surface area contributed by atoms with E-state index in [4.69, 9.17) is 0 Å². The van der Waals surface area contributed by atoms with Gasteiger partial charge in [-0.1, -0.05) is 10.3 Å². The molecule has 13 nitrogen and oxygen atoms in total. The molecule has 0 atom stereocenters. The van der Waals surface area contributed by atoms with Gasteiger partial charge in [0.1, 0.15) is 0 Å². The molecule has 21 heteroatoms. The highest BCUT2D eigenvalue weighted by atomic mass is 79.9. The summed E-state index contributed by atoms with van der Waals surface area (Å²) in [5, 5.41) is 8.35. The molecule has 0 spiro atoms. The predicted octanol–water partition coefficient (Wildman–Crippen LogP) is 5.60. The van der Waals surface area contributed by atoms with Crippen LogP contribution in [-0.4, -0.2) is 57.3 Å². The Bertz CT molecular complexity index is 2080. The molecular formula is C29H23BrF6N8O5S. The van der Waals surface area contributed by atoms with E-state index >= 15 is 4.79 Å². The average molecular weight is 790 g/mol. The summed E-state index contributed by atoms with van der Waals surface area (Å²) in [4.78, 5) is 55.6. The van der Waals surface area contributed by atoms with Gasteiger partial charge >= 0.3 is 24.1 Å². The molecule has 0 unspecified atom stereocenters. The van der Waals surface area contributed by atoms with Crippen molar-refractivity contribution in [2.24, 2.45) is 0 Å². The van der Waals surface area contributed by atoms with Gasteiger partial charge in [0.2, 0.25) is 17.3 Å². The second-order valence-corrected chi connectivity index (χ2v) is 14.0. The highest BCUT2D eigenvalue weighted by Crippen LogP contribution is 2.37. The Labute approximate surface area is 288 Å². The molecule has 6 rings (SSSR count). The number of halogens is 7. The van der Waals surface area contributed by atoms with E-state index in [0.717, 1.165) is 33.7 Å². The largest absolute Gasteiger partial charge is 0.471 e. The lowest BCUT2D eigenvalue weighted by Gasteiger charge is -2.43. The zero-order valence-electron chi connectivity index (χ0n) is 25.7. The summed E-state index contributed by atoms with van der Waals surface area (Å²) in [6.45, 7) is 3.91. The molecule has 6 heterocycles. The van der Waals surface area contributed by atoms with Crippen molar-refractivity contribution in [3.05, 3.63) is 84.1 Å². The molecule has 1 aliphatic rings. The van der Waals surface area contributed by atoms with E-state index in [1.54, 1.807) is 5.38 Å². The van der Waals surface area contributed by atoms with E-state index in [1.807, 2.05) is 13.8 Å². The number of pyridine rings is 2. The molecule has 0 aliphatic carbocycles. The van der Waals surface area contributed by atoms with Gasteiger partial charge in [-0.15, -0.1) is 11.3 Å². The lowest BCUT2D eigenvalue weighted by atomic mass is 9.95. The van der Waals surface area contributed by atoms with Gasteiger partial charge in [-0.2, -0.15) is 36.3 Å². The summed E-state index contributed by atoms with van der Waals surface area (Å²) in [6, 6.07) is 4.19. The van der Waals surface area contributed by atoms with E-state index in [2.05, 4.69) is 50.2 Å². The fourth-order valence-corrected chi connectivity index (χ4v) is 6.91. The first-order valence-corrected chi connectivity index (χ1v) is 16.3. The summed E-state index contributed by atoms with van der Waals surface area (Å²) in [5.41, 5.74) is -4.58. The zero-order chi connectivity index (χ0) is 36.2. The van der Waals surface area contributed by atoms with Crippen LogP contribution >= 0.6 is 27.3 Å². The Morgan fingerprint density at radius 2 is 1.42 bits per heavy atom. The van der Waals surface area contributed by atoms with E-state index in [0.29, 0.717) is 22.5 Å². The van der Waals surface area contributed by atoms with Crippen molar-refractivity contribution in [2.45, 2.75) is 63.1 Å². The van der Waals surface area contributed by atoms with Gasteiger partial charge in [0.25, 0.3) is 17.0 Å². The summed E-state index contributed by atoms with van der Waals surface area (Å²) in [5.74, 6) is -5.04. The van der Waals surface area contributed by atoms with E-state index in [1.165, 1.54) is 28.4 Å². The van der Waals surface area contributed by atoms with Gasteiger partial charge in [0, 0.05) is 59.5 Å². The number of likely N-dealkylation sites (tertiary alicyclic amines) is 1. The Balaban J connectivity index is 1.55. The van der Waals surface area contributed by atoms with Crippen LogP contribution in [-0.2, 0) is 29.2 Å². The topological polar surface area (TPSA) is 155 Å². The van der Waals surface area contributed by atoms with Crippen molar-refractivity contribution in [3.8, 4) is 22.8 Å². The minimum Gasteiger partial charge on any atom is -0.334 e. The molecule has 0 aromatic carbocycles. The van der Waals surface area contributed by atoms with Crippen LogP contribution in [0.2, 0.25) is 0 Å². The first-order valence-electron chi connectivity index (χ1n) is 14.6. The number of nitrogens with zero attached hydrogens (tertiary/aromatic N) is 8. The van der Waals surface area contributed by atoms with Crippen molar-refractivity contribution in [1.29, 1.82) is 0 Å². The minimum absolute atomic E-state index is 0.0457. The Morgan fingerprint density at radius 3 is 1.80 bits per heavy atom. The quantitative estimate of drug-likeness (QED) is 0.182. The van der Waals surface area contributed by atoms with Crippen LogP contribution in [0, 0.1) is 0 Å². The van der Waals surface area contributed by atoms with Crippen LogP contribution < -0.4 is 11.1 Å². The molecule has 0 radical (unpaired) electrons. The molecular weight excluding hydrogens is 766 g/mol. The third-order valence-corrected chi connectivity index (χ3v) is 9.65. The summed E-state index contributed by atoms with van der Waals surface area (Å²) in [7, 11) is 0. The van der Waals surface area contributed by atoms with Gasteiger partial charge in [-0.05, 0) is 61.2 Å². The molecule has 1 amide bonds. The van der Waals surface area contributed by atoms with E-state index < -0.39 is 64.0 Å². The van der Waals surface area contributed by atoms with Crippen LogP contribution in [0.25, 0.3) is 22.8 Å². The van der Waals surface area contributed by atoms with Gasteiger partial charge in [0.05, 0.1) is 5.69 Å². The minimum atomic E-state index is -4.95. The molecule has 0 bridgehead atoms. The molecule has 5 aromatic rings. The number of hydrogen-bond donors (Lipinski definition) is 0. The number of rotatable bonds is 8. The summed E-state index contributed by atoms with van der Waals surface area (Å²) >= 11 is 4.55.